The minimum Gasteiger partial charge on any atom is -0.465 e. The van der Waals surface area contributed by atoms with Crippen molar-refractivity contribution in [3.63, 3.8) is 0 Å². The van der Waals surface area contributed by atoms with E-state index in [1.165, 1.54) is 5.56 Å². The normalized spacial score (nSPS) is 11.6. The second-order valence-corrected chi connectivity index (χ2v) is 5.01. The van der Waals surface area contributed by atoms with Crippen molar-refractivity contribution < 1.29 is 9.53 Å². The van der Waals surface area contributed by atoms with Gasteiger partial charge in [-0.15, -0.1) is 0 Å². The highest BCUT2D eigenvalue weighted by Gasteiger charge is 2.23. The first kappa shape index (κ1) is 12.8. The molecule has 0 spiro atoms. The molecule has 0 atom stereocenters. The second kappa shape index (κ2) is 5.15. The number of carbonyl (C=O) groups excluding carboxylic acids is 1. The lowest BCUT2D eigenvalue weighted by molar-refractivity contribution is -0.149. The topological polar surface area (TPSA) is 26.3 Å². The summed E-state index contributed by atoms with van der Waals surface area (Å²) in [5.41, 5.74) is 1.05. The quantitative estimate of drug-likeness (QED) is 0.728. The number of hydrogen-bond acceptors (Lipinski definition) is 2. The molecule has 0 saturated carbocycles. The van der Waals surface area contributed by atoms with Gasteiger partial charge in [0.15, 0.2) is 0 Å². The van der Waals surface area contributed by atoms with Gasteiger partial charge < -0.3 is 4.74 Å². The van der Waals surface area contributed by atoms with Gasteiger partial charge in [-0.2, -0.15) is 0 Å². The molecule has 0 aliphatic carbocycles. The van der Waals surface area contributed by atoms with Crippen molar-refractivity contribution in [1.82, 2.24) is 0 Å². The van der Waals surface area contributed by atoms with E-state index in [9.17, 15) is 4.79 Å². The summed E-state index contributed by atoms with van der Waals surface area (Å²) in [4.78, 5) is 11.4. The summed E-state index contributed by atoms with van der Waals surface area (Å²) < 4.78 is 5.28. The van der Waals surface area contributed by atoms with Crippen LogP contribution >= 0.6 is 0 Å². The molecular weight excluding hydrogens is 200 g/mol. The van der Waals surface area contributed by atoms with Crippen LogP contribution in [-0.4, -0.2) is 12.6 Å². The van der Waals surface area contributed by atoms with E-state index in [0.29, 0.717) is 6.61 Å². The van der Waals surface area contributed by atoms with Crippen molar-refractivity contribution in [3.05, 3.63) is 35.9 Å². The van der Waals surface area contributed by atoms with Gasteiger partial charge >= 0.3 is 5.97 Å². The summed E-state index contributed by atoms with van der Waals surface area (Å²) in [7, 11) is 0. The van der Waals surface area contributed by atoms with Crippen LogP contribution in [0.4, 0.5) is 0 Å². The fourth-order valence-corrected chi connectivity index (χ4v) is 1.39. The molecule has 0 saturated heterocycles. The minimum atomic E-state index is -0.135. The summed E-state index contributed by atoms with van der Waals surface area (Å²) in [6.07, 6.45) is 0. The number of benzene rings is 1. The average Bonchev–Trinajstić information content (AvgIpc) is 2.27. The molecule has 0 radical (unpaired) electrons. The van der Waals surface area contributed by atoms with Crippen LogP contribution in [0.3, 0.4) is 0 Å². The zero-order valence-electron chi connectivity index (χ0n) is 10.5. The Bertz CT molecular complexity index is 339. The number of ether oxygens (including phenoxy) is 1. The van der Waals surface area contributed by atoms with Crippen LogP contribution in [0, 0.1) is 5.92 Å². The van der Waals surface area contributed by atoms with Crippen LogP contribution in [-0.2, 0) is 14.9 Å². The van der Waals surface area contributed by atoms with Gasteiger partial charge in [-0.05, 0) is 5.56 Å². The van der Waals surface area contributed by atoms with Gasteiger partial charge in [0, 0.05) is 5.41 Å². The number of carbonyl (C=O) groups is 1. The maximum Gasteiger partial charge on any atom is 0.308 e. The largest absolute Gasteiger partial charge is 0.465 e. The lowest BCUT2D eigenvalue weighted by Crippen LogP contribution is -2.27. The third-order valence-electron chi connectivity index (χ3n) is 2.60. The Morgan fingerprint density at radius 1 is 1.25 bits per heavy atom. The summed E-state index contributed by atoms with van der Waals surface area (Å²) in [6.45, 7) is 8.27. The predicted molar refractivity (Wildman–Crippen MR) is 65.3 cm³/mol. The maximum atomic E-state index is 11.4. The molecule has 0 unspecified atom stereocenters. The highest BCUT2D eigenvalue weighted by Crippen LogP contribution is 2.23. The zero-order valence-corrected chi connectivity index (χ0v) is 10.5. The molecule has 0 bridgehead atoms. The Balaban J connectivity index is 2.63. The molecular formula is C14H20O2. The molecule has 0 aliphatic heterocycles. The van der Waals surface area contributed by atoms with Gasteiger partial charge in [-0.1, -0.05) is 58.0 Å². The van der Waals surface area contributed by atoms with Crippen molar-refractivity contribution in [1.29, 1.82) is 0 Å². The van der Waals surface area contributed by atoms with Crippen molar-refractivity contribution in [2.45, 2.75) is 33.1 Å². The van der Waals surface area contributed by atoms with Crippen molar-refractivity contribution in [3.8, 4) is 0 Å². The Morgan fingerprint density at radius 2 is 1.81 bits per heavy atom. The van der Waals surface area contributed by atoms with Gasteiger partial charge in [-0.25, -0.2) is 0 Å². The van der Waals surface area contributed by atoms with E-state index in [4.69, 9.17) is 4.74 Å². The van der Waals surface area contributed by atoms with E-state index >= 15 is 0 Å². The molecule has 0 N–H and O–H groups in total. The van der Waals surface area contributed by atoms with Gasteiger partial charge in [0.05, 0.1) is 5.92 Å². The van der Waals surface area contributed by atoms with Crippen LogP contribution in [0.2, 0.25) is 0 Å². The molecule has 0 amide bonds. The van der Waals surface area contributed by atoms with Gasteiger partial charge in [-0.3, -0.25) is 4.79 Å². The monoisotopic (exact) mass is 220 g/mol. The minimum absolute atomic E-state index is 0.0634. The molecule has 1 rings (SSSR count). The SMILES string of the molecule is CC(C)C(=O)OCC(C)(C)c1ccccc1. The molecule has 1 aromatic carbocycles. The molecule has 0 heterocycles. The van der Waals surface area contributed by atoms with Gasteiger partial charge in [0.1, 0.15) is 6.61 Å². The van der Waals surface area contributed by atoms with E-state index in [1.54, 1.807) is 0 Å². The average molecular weight is 220 g/mol. The Kier molecular flexibility index (Phi) is 4.11. The van der Waals surface area contributed by atoms with Crippen molar-refractivity contribution in [2.75, 3.05) is 6.61 Å². The first-order valence-corrected chi connectivity index (χ1v) is 5.65. The fraction of sp³-hybridized carbons (Fsp3) is 0.500. The van der Waals surface area contributed by atoms with E-state index in [0.717, 1.165) is 0 Å². The second-order valence-electron chi connectivity index (χ2n) is 5.01. The summed E-state index contributed by atoms with van der Waals surface area (Å²) in [5, 5.41) is 0. The lowest BCUT2D eigenvalue weighted by atomic mass is 9.86. The summed E-state index contributed by atoms with van der Waals surface area (Å²) >= 11 is 0. The first-order valence-electron chi connectivity index (χ1n) is 5.65. The number of hydrogen-bond donors (Lipinski definition) is 0. The Hall–Kier alpha value is -1.31. The van der Waals surface area contributed by atoms with Crippen LogP contribution in [0.25, 0.3) is 0 Å². The third kappa shape index (κ3) is 3.37. The van der Waals surface area contributed by atoms with Crippen molar-refractivity contribution >= 4 is 5.97 Å². The smallest absolute Gasteiger partial charge is 0.308 e. The highest BCUT2D eigenvalue weighted by atomic mass is 16.5. The predicted octanol–water partition coefficient (Wildman–Crippen LogP) is 3.16. The van der Waals surface area contributed by atoms with Gasteiger partial charge in [0.2, 0.25) is 0 Å². The standard InChI is InChI=1S/C14H20O2/c1-11(2)13(15)16-10-14(3,4)12-8-6-5-7-9-12/h5-9,11H,10H2,1-4H3. The number of esters is 1. The fourth-order valence-electron chi connectivity index (χ4n) is 1.39. The van der Waals surface area contributed by atoms with Crippen LogP contribution < -0.4 is 0 Å². The molecule has 0 aliphatic rings. The third-order valence-corrected chi connectivity index (χ3v) is 2.60. The highest BCUT2D eigenvalue weighted by molar-refractivity contribution is 5.71. The van der Waals surface area contributed by atoms with E-state index in [-0.39, 0.29) is 17.3 Å². The van der Waals surface area contributed by atoms with E-state index < -0.39 is 0 Å². The molecule has 2 heteroatoms. The first-order chi connectivity index (χ1) is 7.43. The zero-order chi connectivity index (χ0) is 12.2. The molecule has 16 heavy (non-hydrogen) atoms. The maximum absolute atomic E-state index is 11.4. The molecule has 0 aromatic heterocycles. The molecule has 0 fully saturated rings. The Labute approximate surface area is 97.6 Å². The summed E-state index contributed by atoms with van der Waals surface area (Å²) in [5.74, 6) is -0.199. The van der Waals surface area contributed by atoms with Crippen LogP contribution in [0.1, 0.15) is 33.3 Å². The van der Waals surface area contributed by atoms with Gasteiger partial charge in [0.25, 0.3) is 0 Å². The molecule has 1 aromatic rings. The van der Waals surface area contributed by atoms with E-state index in [1.807, 2.05) is 32.0 Å². The van der Waals surface area contributed by atoms with E-state index in [2.05, 4.69) is 26.0 Å². The van der Waals surface area contributed by atoms with Crippen molar-refractivity contribution in [2.24, 2.45) is 5.92 Å². The molecule has 2 nitrogen and oxygen atoms in total. The van der Waals surface area contributed by atoms with Crippen LogP contribution in [0.5, 0.6) is 0 Å². The number of rotatable bonds is 4. The lowest BCUT2D eigenvalue weighted by Gasteiger charge is -2.25. The van der Waals surface area contributed by atoms with Crippen LogP contribution in [0.15, 0.2) is 30.3 Å². The molecule has 88 valence electrons. The Morgan fingerprint density at radius 3 is 2.31 bits per heavy atom. The summed E-state index contributed by atoms with van der Waals surface area (Å²) in [6, 6.07) is 10.1.